The minimum atomic E-state index is -0.967. The molecule has 1 heterocycles. The Bertz CT molecular complexity index is 445. The topological polar surface area (TPSA) is 37.4 Å². The summed E-state index contributed by atoms with van der Waals surface area (Å²) in [6, 6.07) is 9.04. The third kappa shape index (κ3) is 2.30. The van der Waals surface area contributed by atoms with Gasteiger partial charge in [0, 0.05) is 18.7 Å². The molecule has 1 amide bonds. The Hall–Kier alpha value is -1.64. The van der Waals surface area contributed by atoms with Crippen LogP contribution in [0.5, 0.6) is 0 Å². The molecule has 0 unspecified atom stereocenters. The number of amides is 1. The summed E-state index contributed by atoms with van der Waals surface area (Å²) in [6.07, 6.45) is 2.09. The smallest absolute Gasteiger partial charge is 0.236 e. The lowest BCUT2D eigenvalue weighted by Gasteiger charge is -2.27. The molecule has 1 aliphatic heterocycles. The van der Waals surface area contributed by atoms with Gasteiger partial charge >= 0.3 is 0 Å². The second-order valence-corrected chi connectivity index (χ2v) is 5.32. The molecule has 1 fully saturated rings. The molecule has 0 radical (unpaired) electrons. The fourth-order valence-corrected chi connectivity index (χ4v) is 2.36. The van der Waals surface area contributed by atoms with E-state index in [4.69, 9.17) is 0 Å². The lowest BCUT2D eigenvalue weighted by atomic mass is 9.83. The predicted octanol–water partition coefficient (Wildman–Crippen LogP) is 2.52. The molecule has 0 aromatic heterocycles. The predicted molar refractivity (Wildman–Crippen MR) is 70.4 cm³/mol. The van der Waals surface area contributed by atoms with Crippen molar-refractivity contribution in [2.45, 2.75) is 26.7 Å². The molecule has 0 saturated carbocycles. The first-order valence-electron chi connectivity index (χ1n) is 6.42. The highest BCUT2D eigenvalue weighted by molar-refractivity contribution is 6.13. The van der Waals surface area contributed by atoms with Crippen LogP contribution in [0.2, 0.25) is 0 Å². The van der Waals surface area contributed by atoms with Crippen LogP contribution >= 0.6 is 0 Å². The first-order valence-corrected chi connectivity index (χ1v) is 6.42. The molecule has 1 aromatic rings. The minimum Gasteiger partial charge on any atom is -0.342 e. The maximum atomic E-state index is 12.4. The van der Waals surface area contributed by atoms with Crippen LogP contribution in [0.1, 0.15) is 37.0 Å². The average Bonchev–Trinajstić information content (AvgIpc) is 2.91. The zero-order chi connectivity index (χ0) is 13.2. The van der Waals surface area contributed by atoms with Crippen LogP contribution in [0.25, 0.3) is 0 Å². The molecule has 1 saturated heterocycles. The standard InChI is InChI=1S/C15H19NO2/c1-15(2,14(18)16-10-6-7-11-16)13(17)12-8-4-3-5-9-12/h3-5,8-9H,6-7,10-11H2,1-2H3. The molecule has 96 valence electrons. The maximum absolute atomic E-state index is 12.4. The van der Waals surface area contributed by atoms with Gasteiger partial charge in [-0.25, -0.2) is 0 Å². The van der Waals surface area contributed by atoms with Crippen molar-refractivity contribution in [3.63, 3.8) is 0 Å². The van der Waals surface area contributed by atoms with Gasteiger partial charge in [-0.05, 0) is 26.7 Å². The zero-order valence-corrected chi connectivity index (χ0v) is 11.0. The number of Topliss-reactive ketones (excluding diaryl/α,β-unsaturated/α-hetero) is 1. The summed E-state index contributed by atoms with van der Waals surface area (Å²) in [7, 11) is 0. The molecule has 0 bridgehead atoms. The van der Waals surface area contributed by atoms with Crippen LogP contribution in [-0.4, -0.2) is 29.7 Å². The van der Waals surface area contributed by atoms with Crippen LogP contribution < -0.4 is 0 Å². The number of hydrogen-bond acceptors (Lipinski definition) is 2. The highest BCUT2D eigenvalue weighted by Gasteiger charge is 2.39. The number of nitrogens with zero attached hydrogens (tertiary/aromatic N) is 1. The van der Waals surface area contributed by atoms with Crippen LogP contribution in [0.3, 0.4) is 0 Å². The molecular weight excluding hydrogens is 226 g/mol. The van der Waals surface area contributed by atoms with E-state index in [1.807, 2.05) is 18.2 Å². The summed E-state index contributed by atoms with van der Waals surface area (Å²) in [5.74, 6) is -0.145. The first-order chi connectivity index (χ1) is 8.53. The van der Waals surface area contributed by atoms with Gasteiger partial charge in [-0.2, -0.15) is 0 Å². The monoisotopic (exact) mass is 245 g/mol. The number of hydrogen-bond donors (Lipinski definition) is 0. The lowest BCUT2D eigenvalue weighted by Crippen LogP contribution is -2.43. The molecule has 3 nitrogen and oxygen atoms in total. The summed E-state index contributed by atoms with van der Waals surface area (Å²) in [6.45, 7) is 5.01. The largest absolute Gasteiger partial charge is 0.342 e. The number of carbonyl (C=O) groups is 2. The van der Waals surface area contributed by atoms with Crippen LogP contribution in [0, 0.1) is 5.41 Å². The minimum absolute atomic E-state index is 0.0474. The van der Waals surface area contributed by atoms with Gasteiger partial charge in [-0.3, -0.25) is 9.59 Å². The van der Waals surface area contributed by atoms with Crippen molar-refractivity contribution in [2.75, 3.05) is 13.1 Å². The van der Waals surface area contributed by atoms with Gasteiger partial charge in [0.15, 0.2) is 5.78 Å². The zero-order valence-electron chi connectivity index (χ0n) is 11.0. The summed E-state index contributed by atoms with van der Waals surface area (Å²) in [4.78, 5) is 26.6. The summed E-state index contributed by atoms with van der Waals surface area (Å²) in [5.41, 5.74) is -0.360. The van der Waals surface area contributed by atoms with E-state index in [0.29, 0.717) is 5.56 Å². The van der Waals surface area contributed by atoms with Gasteiger partial charge in [-0.1, -0.05) is 30.3 Å². The SMILES string of the molecule is CC(C)(C(=O)c1ccccc1)C(=O)N1CCCC1. The highest BCUT2D eigenvalue weighted by Crippen LogP contribution is 2.26. The molecule has 0 N–H and O–H groups in total. The molecule has 1 aromatic carbocycles. The van der Waals surface area contributed by atoms with Crippen molar-refractivity contribution in [3.8, 4) is 0 Å². The van der Waals surface area contributed by atoms with Gasteiger partial charge in [0.05, 0.1) is 0 Å². The number of rotatable bonds is 3. The number of benzene rings is 1. The molecule has 0 aliphatic carbocycles. The first kappa shape index (κ1) is 12.8. The average molecular weight is 245 g/mol. The van der Waals surface area contributed by atoms with E-state index in [-0.39, 0.29) is 11.7 Å². The molecule has 3 heteroatoms. The molecule has 0 atom stereocenters. The summed E-state index contributed by atoms with van der Waals surface area (Å²) in [5, 5.41) is 0. The Kier molecular flexibility index (Phi) is 3.50. The van der Waals surface area contributed by atoms with Gasteiger partial charge in [-0.15, -0.1) is 0 Å². The van der Waals surface area contributed by atoms with E-state index < -0.39 is 5.41 Å². The van der Waals surface area contributed by atoms with Gasteiger partial charge in [0.2, 0.25) is 5.91 Å². The molecule has 1 aliphatic rings. The van der Waals surface area contributed by atoms with E-state index in [0.717, 1.165) is 25.9 Å². The molecule has 2 rings (SSSR count). The van der Waals surface area contributed by atoms with E-state index in [1.54, 1.807) is 30.9 Å². The Morgan fingerprint density at radius 3 is 2.17 bits per heavy atom. The normalized spacial score (nSPS) is 15.8. The van der Waals surface area contributed by atoms with E-state index in [2.05, 4.69) is 0 Å². The van der Waals surface area contributed by atoms with Gasteiger partial charge in [0.1, 0.15) is 5.41 Å². The van der Waals surface area contributed by atoms with Crippen LogP contribution in [-0.2, 0) is 4.79 Å². The fourth-order valence-electron chi connectivity index (χ4n) is 2.36. The van der Waals surface area contributed by atoms with Crippen molar-refractivity contribution in [2.24, 2.45) is 5.41 Å². The van der Waals surface area contributed by atoms with Crippen LogP contribution in [0.15, 0.2) is 30.3 Å². The van der Waals surface area contributed by atoms with E-state index in [9.17, 15) is 9.59 Å². The summed E-state index contributed by atoms with van der Waals surface area (Å²) < 4.78 is 0. The number of likely N-dealkylation sites (tertiary alicyclic amines) is 1. The fraction of sp³-hybridized carbons (Fsp3) is 0.467. The Morgan fingerprint density at radius 1 is 1.06 bits per heavy atom. The van der Waals surface area contributed by atoms with Crippen molar-refractivity contribution in [3.05, 3.63) is 35.9 Å². The molecule has 0 spiro atoms. The van der Waals surface area contributed by atoms with Crippen molar-refractivity contribution in [1.29, 1.82) is 0 Å². The van der Waals surface area contributed by atoms with Crippen LogP contribution in [0.4, 0.5) is 0 Å². The third-order valence-corrected chi connectivity index (χ3v) is 3.53. The second-order valence-electron chi connectivity index (χ2n) is 5.32. The van der Waals surface area contributed by atoms with Gasteiger partial charge in [0.25, 0.3) is 0 Å². The Morgan fingerprint density at radius 2 is 1.61 bits per heavy atom. The maximum Gasteiger partial charge on any atom is 0.236 e. The van der Waals surface area contributed by atoms with Crippen molar-refractivity contribution < 1.29 is 9.59 Å². The molecule has 18 heavy (non-hydrogen) atoms. The summed E-state index contributed by atoms with van der Waals surface area (Å²) >= 11 is 0. The quantitative estimate of drug-likeness (QED) is 0.606. The van der Waals surface area contributed by atoms with Crippen molar-refractivity contribution >= 4 is 11.7 Å². The van der Waals surface area contributed by atoms with E-state index >= 15 is 0 Å². The van der Waals surface area contributed by atoms with Crippen molar-refractivity contribution in [1.82, 2.24) is 4.90 Å². The highest BCUT2D eigenvalue weighted by atomic mass is 16.2. The third-order valence-electron chi connectivity index (χ3n) is 3.53. The van der Waals surface area contributed by atoms with Gasteiger partial charge < -0.3 is 4.90 Å². The Balaban J connectivity index is 2.19. The number of carbonyl (C=O) groups excluding carboxylic acids is 2. The van der Waals surface area contributed by atoms with E-state index in [1.165, 1.54) is 0 Å². The molecular formula is C15H19NO2. The second kappa shape index (κ2) is 4.92. The lowest BCUT2D eigenvalue weighted by molar-refractivity contribution is -0.136. The number of ketones is 1. The Labute approximate surface area is 108 Å².